The van der Waals surface area contributed by atoms with Gasteiger partial charge in [-0.3, -0.25) is 5.10 Å². The van der Waals surface area contributed by atoms with Crippen LogP contribution in [-0.4, -0.2) is 10.2 Å². The lowest BCUT2D eigenvalue weighted by Crippen LogP contribution is -2.11. The minimum Gasteiger partial charge on any atom is -0.281 e. The number of rotatable bonds is 1. The van der Waals surface area contributed by atoms with Crippen molar-refractivity contribution in [1.29, 1.82) is 0 Å². The number of aryl methyl sites for hydroxylation is 1. The molecule has 2 rings (SSSR count). The number of hydrogen-bond donors (Lipinski definition) is 1. The minimum absolute atomic E-state index is 0.00838. The van der Waals surface area contributed by atoms with Crippen molar-refractivity contribution < 1.29 is 4.39 Å². The van der Waals surface area contributed by atoms with Crippen LogP contribution in [0, 0.1) is 12.7 Å². The first-order valence-electron chi connectivity index (χ1n) is 5.70. The molecule has 0 fully saturated rings. The van der Waals surface area contributed by atoms with E-state index in [4.69, 9.17) is 0 Å². The Labute approximate surface area is 101 Å². The maximum absolute atomic E-state index is 13.7. The van der Waals surface area contributed by atoms with Gasteiger partial charge in [-0.15, -0.1) is 0 Å². The van der Waals surface area contributed by atoms with Crippen molar-refractivity contribution in [3.63, 3.8) is 0 Å². The van der Waals surface area contributed by atoms with Crippen molar-refractivity contribution in [1.82, 2.24) is 10.2 Å². The number of aromatic nitrogens is 2. The molecule has 17 heavy (non-hydrogen) atoms. The fraction of sp³-hybridized carbons (Fsp3) is 0.357. The molecule has 0 saturated carbocycles. The maximum Gasteiger partial charge on any atom is 0.132 e. The molecular weight excluding hydrogens is 215 g/mol. The Balaban J connectivity index is 2.47. The summed E-state index contributed by atoms with van der Waals surface area (Å²) in [6.45, 7) is 8.23. The molecule has 2 aromatic rings. The molecule has 0 saturated heterocycles. The van der Waals surface area contributed by atoms with E-state index < -0.39 is 0 Å². The van der Waals surface area contributed by atoms with Gasteiger partial charge in [0.05, 0.1) is 5.69 Å². The molecule has 0 amide bonds. The summed E-state index contributed by atoms with van der Waals surface area (Å²) in [6, 6.07) is 6.97. The summed E-state index contributed by atoms with van der Waals surface area (Å²) in [5.41, 5.74) is 3.24. The van der Waals surface area contributed by atoms with Crippen LogP contribution < -0.4 is 0 Å². The fourth-order valence-corrected chi connectivity index (χ4v) is 1.68. The second-order valence-electron chi connectivity index (χ2n) is 5.40. The first kappa shape index (κ1) is 11.8. The van der Waals surface area contributed by atoms with E-state index in [1.807, 2.05) is 19.1 Å². The molecule has 0 aliphatic heterocycles. The van der Waals surface area contributed by atoms with E-state index in [9.17, 15) is 4.39 Å². The zero-order chi connectivity index (χ0) is 12.6. The van der Waals surface area contributed by atoms with Gasteiger partial charge in [-0.1, -0.05) is 32.4 Å². The van der Waals surface area contributed by atoms with Crippen LogP contribution in [0.15, 0.2) is 24.3 Å². The normalized spacial score (nSPS) is 11.8. The highest BCUT2D eigenvalue weighted by atomic mass is 19.1. The average Bonchev–Trinajstić information content (AvgIpc) is 2.70. The van der Waals surface area contributed by atoms with Gasteiger partial charge in [0.15, 0.2) is 0 Å². The molecule has 1 N–H and O–H groups in total. The van der Waals surface area contributed by atoms with Crippen molar-refractivity contribution >= 4 is 0 Å². The van der Waals surface area contributed by atoms with E-state index in [2.05, 4.69) is 31.0 Å². The van der Waals surface area contributed by atoms with Gasteiger partial charge in [0, 0.05) is 16.7 Å². The molecule has 0 aliphatic rings. The Hall–Kier alpha value is -1.64. The Kier molecular flexibility index (Phi) is 2.77. The highest BCUT2D eigenvalue weighted by Gasteiger charge is 2.18. The van der Waals surface area contributed by atoms with E-state index in [1.165, 1.54) is 6.07 Å². The zero-order valence-corrected chi connectivity index (χ0v) is 10.6. The number of hydrogen-bond acceptors (Lipinski definition) is 1. The lowest BCUT2D eigenvalue weighted by molar-refractivity contribution is 0.567. The number of nitrogens with one attached hydrogen (secondary N) is 1. The summed E-state index contributed by atoms with van der Waals surface area (Å²) in [6.07, 6.45) is 0. The molecular formula is C14H17FN2. The Morgan fingerprint density at radius 3 is 2.47 bits per heavy atom. The Morgan fingerprint density at radius 2 is 1.88 bits per heavy atom. The van der Waals surface area contributed by atoms with Gasteiger partial charge in [-0.2, -0.15) is 5.10 Å². The molecule has 90 valence electrons. The van der Waals surface area contributed by atoms with Crippen LogP contribution in [0.25, 0.3) is 11.3 Å². The second-order valence-corrected chi connectivity index (χ2v) is 5.40. The molecule has 0 radical (unpaired) electrons. The average molecular weight is 232 g/mol. The number of aromatic amines is 1. The van der Waals surface area contributed by atoms with Gasteiger partial charge in [0.25, 0.3) is 0 Å². The van der Waals surface area contributed by atoms with Crippen molar-refractivity contribution in [2.45, 2.75) is 33.1 Å². The van der Waals surface area contributed by atoms with Crippen LogP contribution in [0.3, 0.4) is 0 Å². The van der Waals surface area contributed by atoms with Crippen LogP contribution in [-0.2, 0) is 5.41 Å². The predicted molar refractivity (Wildman–Crippen MR) is 67.4 cm³/mol. The standard InChI is InChI=1S/C14H17FN2/c1-9-5-6-11(15)10(7-9)12-8-13(17-16-12)14(2,3)4/h5-8H,1-4H3,(H,16,17). The highest BCUT2D eigenvalue weighted by Crippen LogP contribution is 2.27. The van der Waals surface area contributed by atoms with E-state index in [0.29, 0.717) is 11.3 Å². The summed E-state index contributed by atoms with van der Waals surface area (Å²) >= 11 is 0. The smallest absolute Gasteiger partial charge is 0.132 e. The van der Waals surface area contributed by atoms with Crippen LogP contribution in [0.1, 0.15) is 32.0 Å². The molecule has 1 aromatic carbocycles. The third kappa shape index (κ3) is 2.38. The van der Waals surface area contributed by atoms with Crippen molar-refractivity contribution in [2.75, 3.05) is 0 Å². The fourth-order valence-electron chi connectivity index (χ4n) is 1.68. The second kappa shape index (κ2) is 3.99. The van der Waals surface area contributed by atoms with E-state index in [-0.39, 0.29) is 11.2 Å². The molecule has 1 aromatic heterocycles. The van der Waals surface area contributed by atoms with Gasteiger partial charge in [0.1, 0.15) is 5.82 Å². The molecule has 0 bridgehead atoms. The van der Waals surface area contributed by atoms with Crippen LogP contribution in [0.2, 0.25) is 0 Å². The van der Waals surface area contributed by atoms with Gasteiger partial charge in [-0.05, 0) is 25.1 Å². The first-order chi connectivity index (χ1) is 7.88. The van der Waals surface area contributed by atoms with E-state index in [1.54, 1.807) is 6.07 Å². The number of nitrogens with zero attached hydrogens (tertiary/aromatic N) is 1. The zero-order valence-electron chi connectivity index (χ0n) is 10.6. The van der Waals surface area contributed by atoms with Crippen molar-refractivity contribution in [3.05, 3.63) is 41.3 Å². The van der Waals surface area contributed by atoms with E-state index in [0.717, 1.165) is 11.3 Å². The molecule has 0 atom stereocenters. The maximum atomic E-state index is 13.7. The number of halogens is 1. The Bertz CT molecular complexity index is 535. The van der Waals surface area contributed by atoms with Crippen LogP contribution in [0.4, 0.5) is 4.39 Å². The third-order valence-corrected chi connectivity index (χ3v) is 2.78. The molecule has 0 aliphatic carbocycles. The molecule has 0 unspecified atom stereocenters. The van der Waals surface area contributed by atoms with Crippen LogP contribution in [0.5, 0.6) is 0 Å². The predicted octanol–water partition coefficient (Wildman–Crippen LogP) is 3.82. The van der Waals surface area contributed by atoms with Gasteiger partial charge >= 0.3 is 0 Å². The van der Waals surface area contributed by atoms with Crippen LogP contribution >= 0.6 is 0 Å². The summed E-state index contributed by atoms with van der Waals surface area (Å²) in [5, 5.41) is 7.16. The highest BCUT2D eigenvalue weighted by molar-refractivity contribution is 5.61. The van der Waals surface area contributed by atoms with Gasteiger partial charge in [-0.25, -0.2) is 4.39 Å². The largest absolute Gasteiger partial charge is 0.281 e. The summed E-state index contributed by atoms with van der Waals surface area (Å²) in [5.74, 6) is -0.234. The molecule has 0 spiro atoms. The quantitative estimate of drug-likeness (QED) is 0.795. The molecule has 2 nitrogen and oxygen atoms in total. The van der Waals surface area contributed by atoms with Gasteiger partial charge < -0.3 is 0 Å². The minimum atomic E-state index is -0.234. The Morgan fingerprint density at radius 1 is 1.18 bits per heavy atom. The topological polar surface area (TPSA) is 28.7 Å². The SMILES string of the molecule is Cc1ccc(F)c(-c2cc(C(C)(C)C)[nH]n2)c1. The number of benzene rings is 1. The summed E-state index contributed by atoms with van der Waals surface area (Å²) in [4.78, 5) is 0. The van der Waals surface area contributed by atoms with E-state index >= 15 is 0 Å². The van der Waals surface area contributed by atoms with Gasteiger partial charge in [0.2, 0.25) is 0 Å². The lowest BCUT2D eigenvalue weighted by atomic mass is 9.92. The summed E-state index contributed by atoms with van der Waals surface area (Å²) in [7, 11) is 0. The first-order valence-corrected chi connectivity index (χ1v) is 5.70. The van der Waals surface area contributed by atoms with Crippen molar-refractivity contribution in [2.24, 2.45) is 0 Å². The summed E-state index contributed by atoms with van der Waals surface area (Å²) < 4.78 is 13.7. The third-order valence-electron chi connectivity index (χ3n) is 2.78. The monoisotopic (exact) mass is 232 g/mol. The lowest BCUT2D eigenvalue weighted by Gasteiger charge is -2.14. The van der Waals surface area contributed by atoms with Crippen molar-refractivity contribution in [3.8, 4) is 11.3 Å². The molecule has 3 heteroatoms. The molecule has 1 heterocycles. The number of H-pyrrole nitrogens is 1.